The molecule has 3 aromatic rings. The second-order valence-electron chi connectivity index (χ2n) is 7.59. The monoisotopic (exact) mass is 402 g/mol. The van der Waals surface area contributed by atoms with Gasteiger partial charge < -0.3 is 20.5 Å². The summed E-state index contributed by atoms with van der Waals surface area (Å²) >= 11 is 0. The Morgan fingerprint density at radius 1 is 1.07 bits per heavy atom. The van der Waals surface area contributed by atoms with Crippen molar-refractivity contribution in [3.05, 3.63) is 77.5 Å². The third-order valence-electron chi connectivity index (χ3n) is 5.47. The van der Waals surface area contributed by atoms with Crippen LogP contribution in [0.5, 0.6) is 0 Å². The number of hydrogen-bond acceptors (Lipinski definition) is 2. The number of nitrogens with one attached hydrogen (secondary N) is 3. The minimum Gasteiger partial charge on any atom is -0.361 e. The van der Waals surface area contributed by atoms with E-state index in [1.807, 2.05) is 49.5 Å². The van der Waals surface area contributed by atoms with E-state index < -0.39 is 0 Å². The van der Waals surface area contributed by atoms with Crippen LogP contribution >= 0.6 is 0 Å². The normalized spacial score (nSPS) is 13.8. The van der Waals surface area contributed by atoms with E-state index in [9.17, 15) is 9.59 Å². The van der Waals surface area contributed by atoms with Crippen molar-refractivity contribution in [3.8, 4) is 0 Å². The zero-order valence-electron chi connectivity index (χ0n) is 17.1. The third kappa shape index (κ3) is 4.54. The lowest BCUT2D eigenvalue weighted by atomic mass is 9.99. The first kappa shape index (κ1) is 19.8. The van der Waals surface area contributed by atoms with Crippen LogP contribution in [-0.2, 0) is 11.3 Å². The predicted octanol–water partition coefficient (Wildman–Crippen LogP) is 3.59. The van der Waals surface area contributed by atoms with Gasteiger partial charge >= 0.3 is 6.03 Å². The molecule has 30 heavy (non-hydrogen) atoms. The molecule has 0 bridgehead atoms. The summed E-state index contributed by atoms with van der Waals surface area (Å²) in [7, 11) is 0. The summed E-state index contributed by atoms with van der Waals surface area (Å²) in [6.45, 7) is 3.66. The van der Waals surface area contributed by atoms with Gasteiger partial charge in [0.2, 0.25) is 5.91 Å². The zero-order valence-corrected chi connectivity index (χ0v) is 17.1. The fourth-order valence-corrected chi connectivity index (χ4v) is 3.70. The van der Waals surface area contributed by atoms with Gasteiger partial charge in [-0.2, -0.15) is 0 Å². The third-order valence-corrected chi connectivity index (χ3v) is 5.47. The number of rotatable bonds is 5. The molecule has 6 nitrogen and oxygen atoms in total. The molecule has 3 amide bonds. The summed E-state index contributed by atoms with van der Waals surface area (Å²) in [4.78, 5) is 29.5. The van der Waals surface area contributed by atoms with E-state index in [1.165, 1.54) is 22.1 Å². The van der Waals surface area contributed by atoms with Crippen LogP contribution < -0.4 is 10.6 Å². The molecular formula is C24H26N4O2. The van der Waals surface area contributed by atoms with E-state index >= 15 is 0 Å². The number of H-pyrrole nitrogens is 1. The van der Waals surface area contributed by atoms with Crippen LogP contribution in [0, 0.1) is 6.92 Å². The Balaban J connectivity index is 1.26. The minimum atomic E-state index is -0.337. The maximum Gasteiger partial charge on any atom is 0.315 e. The standard InChI is InChI=1S/C24H26N4O2/c1-17-6-8-18(9-7-17)14-26-24(30)27-16-23(29)28-12-10-19(11-13-28)21-15-25-22-5-3-2-4-20(21)22/h2-10,15,25H,11-14,16H2,1H3,(H2,26,27,30). The lowest BCUT2D eigenvalue weighted by Gasteiger charge is -2.26. The van der Waals surface area contributed by atoms with Gasteiger partial charge in [-0.25, -0.2) is 4.79 Å². The van der Waals surface area contributed by atoms with E-state index in [0.29, 0.717) is 19.6 Å². The van der Waals surface area contributed by atoms with Gasteiger partial charge in [-0.05, 0) is 30.5 Å². The number of aromatic nitrogens is 1. The highest BCUT2D eigenvalue weighted by atomic mass is 16.2. The molecule has 1 aliphatic rings. The molecule has 1 aromatic heterocycles. The molecule has 2 aromatic carbocycles. The number of urea groups is 1. The number of benzene rings is 2. The van der Waals surface area contributed by atoms with Crippen LogP contribution in [0.25, 0.3) is 16.5 Å². The van der Waals surface area contributed by atoms with Crippen molar-refractivity contribution in [2.45, 2.75) is 19.9 Å². The number of carbonyl (C=O) groups is 2. The highest BCUT2D eigenvalue weighted by Gasteiger charge is 2.19. The Morgan fingerprint density at radius 2 is 1.87 bits per heavy atom. The fraction of sp³-hybridized carbons (Fsp3) is 0.250. The van der Waals surface area contributed by atoms with Crippen LogP contribution in [0.4, 0.5) is 4.79 Å². The average Bonchev–Trinajstić information content (AvgIpc) is 3.21. The Labute approximate surface area is 176 Å². The van der Waals surface area contributed by atoms with Crippen molar-refractivity contribution in [2.24, 2.45) is 0 Å². The van der Waals surface area contributed by atoms with Gasteiger partial charge in [0, 0.05) is 42.3 Å². The molecule has 154 valence electrons. The lowest BCUT2D eigenvalue weighted by Crippen LogP contribution is -2.44. The van der Waals surface area contributed by atoms with E-state index in [0.717, 1.165) is 17.5 Å². The molecule has 0 fully saturated rings. The number of carbonyl (C=O) groups excluding carboxylic acids is 2. The molecular weight excluding hydrogens is 376 g/mol. The molecule has 0 unspecified atom stereocenters. The predicted molar refractivity (Wildman–Crippen MR) is 119 cm³/mol. The van der Waals surface area contributed by atoms with E-state index in [2.05, 4.69) is 33.8 Å². The summed E-state index contributed by atoms with van der Waals surface area (Å²) < 4.78 is 0. The number of aromatic amines is 1. The van der Waals surface area contributed by atoms with Crippen molar-refractivity contribution in [2.75, 3.05) is 19.6 Å². The Hall–Kier alpha value is -3.54. The van der Waals surface area contributed by atoms with E-state index in [4.69, 9.17) is 0 Å². The summed E-state index contributed by atoms with van der Waals surface area (Å²) in [5.74, 6) is -0.0743. The van der Waals surface area contributed by atoms with Gasteiger partial charge in [-0.15, -0.1) is 0 Å². The maximum atomic E-state index is 12.5. The molecule has 0 atom stereocenters. The molecule has 3 N–H and O–H groups in total. The second kappa shape index (κ2) is 8.86. The highest BCUT2D eigenvalue weighted by molar-refractivity contribution is 5.93. The molecule has 6 heteroatoms. The maximum absolute atomic E-state index is 12.5. The number of aryl methyl sites for hydroxylation is 1. The quantitative estimate of drug-likeness (QED) is 0.610. The molecule has 0 radical (unpaired) electrons. The van der Waals surface area contributed by atoms with Crippen LogP contribution in [0.1, 0.15) is 23.1 Å². The minimum absolute atomic E-state index is 0.00398. The van der Waals surface area contributed by atoms with Gasteiger partial charge in [0.25, 0.3) is 0 Å². The van der Waals surface area contributed by atoms with Crippen molar-refractivity contribution < 1.29 is 9.59 Å². The van der Waals surface area contributed by atoms with E-state index in [1.54, 1.807) is 4.90 Å². The lowest BCUT2D eigenvalue weighted by molar-refractivity contribution is -0.129. The van der Waals surface area contributed by atoms with Crippen molar-refractivity contribution >= 4 is 28.4 Å². The largest absolute Gasteiger partial charge is 0.361 e. The zero-order chi connectivity index (χ0) is 20.9. The van der Waals surface area contributed by atoms with Crippen molar-refractivity contribution in [1.29, 1.82) is 0 Å². The fourth-order valence-electron chi connectivity index (χ4n) is 3.70. The van der Waals surface area contributed by atoms with Crippen LogP contribution in [0.15, 0.2) is 60.8 Å². The van der Waals surface area contributed by atoms with Gasteiger partial charge in [0.15, 0.2) is 0 Å². The average molecular weight is 402 g/mol. The topological polar surface area (TPSA) is 77.2 Å². The molecule has 0 spiro atoms. The summed E-state index contributed by atoms with van der Waals surface area (Å²) in [5, 5.41) is 6.64. The smallest absolute Gasteiger partial charge is 0.315 e. The first-order valence-electron chi connectivity index (χ1n) is 10.2. The Morgan fingerprint density at radius 3 is 2.63 bits per heavy atom. The van der Waals surface area contributed by atoms with Gasteiger partial charge in [-0.1, -0.05) is 54.1 Å². The number of hydrogen-bond donors (Lipinski definition) is 3. The molecule has 0 aliphatic carbocycles. The molecule has 1 aliphatic heterocycles. The number of fused-ring (bicyclic) bond motifs is 1. The number of amides is 3. The first-order valence-corrected chi connectivity index (χ1v) is 10.2. The Bertz CT molecular complexity index is 1080. The van der Waals surface area contributed by atoms with Gasteiger partial charge in [0.05, 0.1) is 6.54 Å². The highest BCUT2D eigenvalue weighted by Crippen LogP contribution is 2.29. The molecule has 4 rings (SSSR count). The van der Waals surface area contributed by atoms with Gasteiger partial charge in [-0.3, -0.25) is 4.79 Å². The van der Waals surface area contributed by atoms with Crippen molar-refractivity contribution in [3.63, 3.8) is 0 Å². The summed E-state index contributed by atoms with van der Waals surface area (Å²) in [6.07, 6.45) is 4.94. The van der Waals surface area contributed by atoms with Crippen LogP contribution in [-0.4, -0.2) is 41.5 Å². The van der Waals surface area contributed by atoms with Crippen LogP contribution in [0.3, 0.4) is 0 Å². The molecule has 0 saturated carbocycles. The summed E-state index contributed by atoms with van der Waals surface area (Å²) in [6, 6.07) is 15.9. The molecule has 2 heterocycles. The van der Waals surface area contributed by atoms with Gasteiger partial charge in [0.1, 0.15) is 0 Å². The molecule has 0 saturated heterocycles. The van der Waals surface area contributed by atoms with Crippen LogP contribution in [0.2, 0.25) is 0 Å². The number of nitrogens with zero attached hydrogens (tertiary/aromatic N) is 1. The number of para-hydroxylation sites is 1. The van der Waals surface area contributed by atoms with Crippen molar-refractivity contribution in [1.82, 2.24) is 20.5 Å². The van der Waals surface area contributed by atoms with E-state index in [-0.39, 0.29) is 18.5 Å². The summed E-state index contributed by atoms with van der Waals surface area (Å²) in [5.41, 5.74) is 5.77. The SMILES string of the molecule is Cc1ccc(CNC(=O)NCC(=O)N2CC=C(c3c[nH]c4ccccc34)CC2)cc1. The first-order chi connectivity index (χ1) is 14.6. The Kier molecular flexibility index (Phi) is 5.84. The second-order valence-corrected chi connectivity index (χ2v) is 7.59.